The molecule has 1 aromatic rings. The third kappa shape index (κ3) is 4.04. The first-order valence-corrected chi connectivity index (χ1v) is 8.36. The minimum Gasteiger partial charge on any atom is -0.396 e. The molecule has 0 amide bonds. The van der Waals surface area contributed by atoms with Gasteiger partial charge in [0.15, 0.2) is 0 Å². The molecule has 0 radical (unpaired) electrons. The summed E-state index contributed by atoms with van der Waals surface area (Å²) < 4.78 is 13.3. The van der Waals surface area contributed by atoms with E-state index in [2.05, 4.69) is 5.32 Å². The SMILES string of the molecule is OCC(CNC1CCCC(C2CC2)C1)c1cccc(F)c1. The van der Waals surface area contributed by atoms with E-state index in [1.807, 2.05) is 6.07 Å². The van der Waals surface area contributed by atoms with E-state index in [0.717, 1.165) is 23.9 Å². The highest BCUT2D eigenvalue weighted by Crippen LogP contribution is 2.43. The lowest BCUT2D eigenvalue weighted by molar-refractivity contribution is 0.233. The maximum Gasteiger partial charge on any atom is 0.123 e. The molecule has 116 valence electrons. The molecule has 2 nitrogen and oxygen atoms in total. The molecule has 0 bridgehead atoms. The van der Waals surface area contributed by atoms with E-state index in [9.17, 15) is 9.50 Å². The molecule has 3 heteroatoms. The Morgan fingerprint density at radius 1 is 1.19 bits per heavy atom. The molecule has 2 saturated carbocycles. The molecule has 2 fully saturated rings. The maximum absolute atomic E-state index is 13.3. The smallest absolute Gasteiger partial charge is 0.123 e. The van der Waals surface area contributed by atoms with Gasteiger partial charge < -0.3 is 10.4 Å². The van der Waals surface area contributed by atoms with Crippen LogP contribution in [0.25, 0.3) is 0 Å². The quantitative estimate of drug-likeness (QED) is 0.841. The van der Waals surface area contributed by atoms with E-state index >= 15 is 0 Å². The first-order chi connectivity index (χ1) is 10.3. The highest BCUT2D eigenvalue weighted by atomic mass is 19.1. The van der Waals surface area contributed by atoms with Crippen LogP contribution in [0.4, 0.5) is 4.39 Å². The van der Waals surface area contributed by atoms with Crippen molar-refractivity contribution in [1.82, 2.24) is 5.32 Å². The van der Waals surface area contributed by atoms with Crippen molar-refractivity contribution in [2.75, 3.05) is 13.2 Å². The van der Waals surface area contributed by atoms with Gasteiger partial charge in [0, 0.05) is 18.5 Å². The van der Waals surface area contributed by atoms with Crippen molar-refractivity contribution >= 4 is 0 Å². The fourth-order valence-electron chi connectivity index (χ4n) is 3.77. The van der Waals surface area contributed by atoms with Crippen LogP contribution in [0.1, 0.15) is 50.0 Å². The fourth-order valence-corrected chi connectivity index (χ4v) is 3.77. The van der Waals surface area contributed by atoms with E-state index in [1.165, 1.54) is 50.7 Å². The summed E-state index contributed by atoms with van der Waals surface area (Å²) in [5.74, 6) is 1.67. The lowest BCUT2D eigenvalue weighted by Gasteiger charge is -2.31. The molecule has 0 saturated heterocycles. The van der Waals surface area contributed by atoms with Gasteiger partial charge in [-0.3, -0.25) is 0 Å². The van der Waals surface area contributed by atoms with Gasteiger partial charge in [-0.2, -0.15) is 0 Å². The number of aliphatic hydroxyl groups is 1. The topological polar surface area (TPSA) is 32.3 Å². The minimum atomic E-state index is -0.225. The molecule has 0 spiro atoms. The summed E-state index contributed by atoms with van der Waals surface area (Å²) in [6, 6.07) is 7.19. The Morgan fingerprint density at radius 2 is 2.05 bits per heavy atom. The van der Waals surface area contributed by atoms with Crippen molar-refractivity contribution in [2.24, 2.45) is 11.8 Å². The van der Waals surface area contributed by atoms with Gasteiger partial charge in [-0.25, -0.2) is 4.39 Å². The highest BCUT2D eigenvalue weighted by molar-refractivity contribution is 5.21. The fraction of sp³-hybridized carbons (Fsp3) is 0.667. The van der Waals surface area contributed by atoms with Crippen LogP contribution in [0.5, 0.6) is 0 Å². The Balaban J connectivity index is 1.52. The number of aliphatic hydroxyl groups excluding tert-OH is 1. The molecule has 0 aliphatic heterocycles. The number of halogens is 1. The number of nitrogens with one attached hydrogen (secondary N) is 1. The third-order valence-corrected chi connectivity index (χ3v) is 5.20. The summed E-state index contributed by atoms with van der Waals surface area (Å²) in [5.41, 5.74) is 0.888. The van der Waals surface area contributed by atoms with Crippen LogP contribution in [-0.4, -0.2) is 24.3 Å². The van der Waals surface area contributed by atoms with Gasteiger partial charge in [0.05, 0.1) is 6.61 Å². The van der Waals surface area contributed by atoms with Gasteiger partial charge in [0.2, 0.25) is 0 Å². The largest absolute Gasteiger partial charge is 0.396 e. The van der Waals surface area contributed by atoms with Crippen molar-refractivity contribution in [3.63, 3.8) is 0 Å². The minimum absolute atomic E-state index is 0.0120. The molecule has 21 heavy (non-hydrogen) atoms. The molecule has 2 aliphatic carbocycles. The Morgan fingerprint density at radius 3 is 2.76 bits per heavy atom. The summed E-state index contributed by atoms with van der Waals surface area (Å²) in [7, 11) is 0. The summed E-state index contributed by atoms with van der Waals surface area (Å²) in [5, 5.41) is 13.2. The van der Waals surface area contributed by atoms with Crippen molar-refractivity contribution in [2.45, 2.75) is 50.5 Å². The highest BCUT2D eigenvalue weighted by Gasteiger charge is 2.34. The van der Waals surface area contributed by atoms with Gasteiger partial charge in [-0.1, -0.05) is 25.0 Å². The van der Waals surface area contributed by atoms with Gasteiger partial charge >= 0.3 is 0 Å². The molecule has 2 aliphatic rings. The number of rotatable bonds is 6. The second-order valence-corrected chi connectivity index (χ2v) is 6.80. The lowest BCUT2D eigenvalue weighted by atomic mass is 9.82. The molecule has 3 atom stereocenters. The average molecular weight is 291 g/mol. The Hall–Kier alpha value is -0.930. The van der Waals surface area contributed by atoms with Crippen LogP contribution in [-0.2, 0) is 0 Å². The normalized spacial score (nSPS) is 27.5. The van der Waals surface area contributed by atoms with Gasteiger partial charge in [-0.05, 0) is 55.2 Å². The molecule has 0 aromatic heterocycles. The summed E-state index contributed by atoms with van der Waals surface area (Å²) in [6.45, 7) is 0.803. The monoisotopic (exact) mass is 291 g/mol. The van der Waals surface area contributed by atoms with Crippen molar-refractivity contribution in [3.8, 4) is 0 Å². The summed E-state index contributed by atoms with van der Waals surface area (Å²) >= 11 is 0. The van der Waals surface area contributed by atoms with Crippen LogP contribution in [0.3, 0.4) is 0 Å². The predicted molar refractivity (Wildman–Crippen MR) is 82.7 cm³/mol. The second kappa shape index (κ2) is 6.89. The molecule has 3 unspecified atom stereocenters. The first-order valence-electron chi connectivity index (χ1n) is 8.36. The van der Waals surface area contributed by atoms with Crippen LogP contribution in [0, 0.1) is 17.7 Å². The van der Waals surface area contributed by atoms with Crippen LogP contribution in [0.15, 0.2) is 24.3 Å². The first kappa shape index (κ1) is 15.0. The van der Waals surface area contributed by atoms with Crippen molar-refractivity contribution in [1.29, 1.82) is 0 Å². The molecule has 1 aromatic carbocycles. The zero-order valence-electron chi connectivity index (χ0n) is 12.6. The average Bonchev–Trinajstić information content (AvgIpc) is 3.33. The number of hydrogen-bond donors (Lipinski definition) is 2. The zero-order chi connectivity index (χ0) is 14.7. The van der Waals surface area contributed by atoms with E-state index in [0.29, 0.717) is 6.04 Å². The number of hydrogen-bond acceptors (Lipinski definition) is 2. The van der Waals surface area contributed by atoms with E-state index in [4.69, 9.17) is 0 Å². The van der Waals surface area contributed by atoms with Crippen LogP contribution >= 0.6 is 0 Å². The van der Waals surface area contributed by atoms with E-state index in [-0.39, 0.29) is 18.3 Å². The predicted octanol–water partition coefficient (Wildman–Crippen LogP) is 3.46. The maximum atomic E-state index is 13.3. The number of benzene rings is 1. The van der Waals surface area contributed by atoms with Crippen LogP contribution in [0.2, 0.25) is 0 Å². The van der Waals surface area contributed by atoms with Crippen molar-refractivity contribution < 1.29 is 9.50 Å². The Kier molecular flexibility index (Phi) is 4.91. The lowest BCUT2D eigenvalue weighted by Crippen LogP contribution is -2.37. The van der Waals surface area contributed by atoms with Crippen molar-refractivity contribution in [3.05, 3.63) is 35.6 Å². The summed E-state index contributed by atoms with van der Waals surface area (Å²) in [4.78, 5) is 0. The Labute approximate surface area is 126 Å². The van der Waals surface area contributed by atoms with Gasteiger partial charge in [-0.15, -0.1) is 0 Å². The van der Waals surface area contributed by atoms with Gasteiger partial charge in [0.1, 0.15) is 5.82 Å². The third-order valence-electron chi connectivity index (χ3n) is 5.20. The van der Waals surface area contributed by atoms with E-state index in [1.54, 1.807) is 6.07 Å². The zero-order valence-corrected chi connectivity index (χ0v) is 12.6. The molecule has 2 N–H and O–H groups in total. The molecular weight excluding hydrogens is 265 g/mol. The van der Waals surface area contributed by atoms with Gasteiger partial charge in [0.25, 0.3) is 0 Å². The Bertz CT molecular complexity index is 460. The van der Waals surface area contributed by atoms with E-state index < -0.39 is 0 Å². The molecule has 0 heterocycles. The summed E-state index contributed by atoms with van der Waals surface area (Å²) in [6.07, 6.45) is 8.11. The molecule has 3 rings (SSSR count). The van der Waals surface area contributed by atoms with Crippen LogP contribution < -0.4 is 5.32 Å². The molecular formula is C18H26FNO. The second-order valence-electron chi connectivity index (χ2n) is 6.80. The standard InChI is InChI=1S/C18H26FNO/c19-17-5-1-3-14(9-17)16(12-21)11-20-18-6-2-4-15(10-18)13-7-8-13/h1,3,5,9,13,15-16,18,20-21H,2,4,6-8,10-12H2.